The lowest BCUT2D eigenvalue weighted by Gasteiger charge is -2.28. The van der Waals surface area contributed by atoms with Crippen LogP contribution in [0.15, 0.2) is 48.0 Å². The molecule has 1 N–H and O–H groups in total. The number of hydrogen-bond acceptors (Lipinski definition) is 5. The first-order valence-corrected chi connectivity index (χ1v) is 12.7. The molecule has 1 heterocycles. The number of unbranched alkanes of at least 4 members (excludes halogenated alkanes) is 1. The van der Waals surface area contributed by atoms with Crippen LogP contribution >= 0.6 is 11.6 Å². The molecule has 3 rings (SSSR count). The summed E-state index contributed by atoms with van der Waals surface area (Å²) in [7, 11) is 0. The number of aliphatic hydroxyl groups excluding tert-OH is 1. The average Bonchev–Trinajstić information content (AvgIpc) is 3.10. The number of halogens is 1. The van der Waals surface area contributed by atoms with Crippen molar-refractivity contribution in [1.29, 1.82) is 0 Å². The van der Waals surface area contributed by atoms with Gasteiger partial charge in [-0.2, -0.15) is 0 Å². The number of rotatable bonds is 11. The first-order chi connectivity index (χ1) is 16.8. The summed E-state index contributed by atoms with van der Waals surface area (Å²) >= 11 is 6.10. The molecule has 1 saturated heterocycles. The summed E-state index contributed by atoms with van der Waals surface area (Å²) in [6, 6.07) is 11.7. The van der Waals surface area contributed by atoms with Gasteiger partial charge in [-0.3, -0.25) is 9.59 Å². The molecule has 0 unspecified atom stereocenters. The van der Waals surface area contributed by atoms with Gasteiger partial charge in [-0.1, -0.05) is 50.9 Å². The molecule has 1 aliphatic heterocycles. The zero-order valence-electron chi connectivity index (χ0n) is 21.0. The largest absolute Gasteiger partial charge is 0.507 e. The minimum Gasteiger partial charge on any atom is -0.507 e. The molecule has 188 valence electrons. The van der Waals surface area contributed by atoms with E-state index in [0.717, 1.165) is 42.8 Å². The molecule has 6 nitrogen and oxygen atoms in total. The number of carbonyl (C=O) groups is 2. The fourth-order valence-electron chi connectivity index (χ4n) is 4.33. The molecule has 0 aromatic heterocycles. The third-order valence-electron chi connectivity index (χ3n) is 6.48. The number of nitrogens with zero attached hydrogens (tertiary/aromatic N) is 2. The number of hydrogen-bond donors (Lipinski definition) is 1. The molecule has 1 fully saturated rings. The van der Waals surface area contributed by atoms with Crippen molar-refractivity contribution in [3.8, 4) is 5.75 Å². The SMILES string of the molecule is CCCCOc1ccc(/C(O)=C2\C(=O)C(=O)N(CCN(CC)CC)[C@@H]2c2ccc(Cl)cc2)cc1C. The summed E-state index contributed by atoms with van der Waals surface area (Å²) < 4.78 is 5.83. The number of aryl methyl sites for hydroxylation is 1. The van der Waals surface area contributed by atoms with Gasteiger partial charge in [-0.25, -0.2) is 0 Å². The first-order valence-electron chi connectivity index (χ1n) is 12.3. The van der Waals surface area contributed by atoms with Crippen LogP contribution in [0, 0.1) is 6.92 Å². The van der Waals surface area contributed by atoms with Gasteiger partial charge in [0.2, 0.25) is 0 Å². The lowest BCUT2D eigenvalue weighted by Crippen LogP contribution is -2.38. The maximum absolute atomic E-state index is 13.2. The molecule has 0 spiro atoms. The Hall–Kier alpha value is -2.83. The second-order valence-electron chi connectivity index (χ2n) is 8.75. The minimum atomic E-state index is -0.691. The van der Waals surface area contributed by atoms with Crippen molar-refractivity contribution >= 4 is 29.1 Å². The highest BCUT2D eigenvalue weighted by molar-refractivity contribution is 6.46. The molecule has 2 aromatic carbocycles. The summed E-state index contributed by atoms with van der Waals surface area (Å²) in [6.07, 6.45) is 2.00. The van der Waals surface area contributed by atoms with E-state index in [9.17, 15) is 14.7 Å². The summed E-state index contributed by atoms with van der Waals surface area (Å²) in [5.41, 5.74) is 2.15. The molecule has 0 bridgehead atoms. The Labute approximate surface area is 213 Å². The Bertz CT molecular complexity index is 1080. The number of ketones is 1. The van der Waals surface area contributed by atoms with E-state index in [2.05, 4.69) is 25.7 Å². The van der Waals surface area contributed by atoms with Gasteiger partial charge < -0.3 is 19.6 Å². The maximum atomic E-state index is 13.2. The average molecular weight is 499 g/mol. The van der Waals surface area contributed by atoms with Gasteiger partial charge in [-0.05, 0) is 67.9 Å². The third-order valence-corrected chi connectivity index (χ3v) is 6.73. The van der Waals surface area contributed by atoms with Gasteiger partial charge in [-0.15, -0.1) is 0 Å². The monoisotopic (exact) mass is 498 g/mol. The molecule has 7 heteroatoms. The van der Waals surface area contributed by atoms with Crippen molar-refractivity contribution < 1.29 is 19.4 Å². The summed E-state index contributed by atoms with van der Waals surface area (Å²) in [4.78, 5) is 30.1. The molecule has 35 heavy (non-hydrogen) atoms. The zero-order valence-corrected chi connectivity index (χ0v) is 21.8. The van der Waals surface area contributed by atoms with E-state index in [1.54, 1.807) is 47.4 Å². The van der Waals surface area contributed by atoms with Crippen molar-refractivity contribution in [2.45, 2.75) is 46.6 Å². The number of Topliss-reactive ketones (excluding diaryl/α,β-unsaturated/α-hetero) is 1. The molecular formula is C28H35ClN2O4. The lowest BCUT2D eigenvalue weighted by molar-refractivity contribution is -0.140. The van der Waals surface area contributed by atoms with Crippen LogP contribution in [0.4, 0.5) is 0 Å². The minimum absolute atomic E-state index is 0.0934. The Morgan fingerprint density at radius 2 is 1.77 bits per heavy atom. The fraction of sp³-hybridized carbons (Fsp3) is 0.429. The van der Waals surface area contributed by atoms with Gasteiger partial charge in [0.1, 0.15) is 11.5 Å². The summed E-state index contributed by atoms with van der Waals surface area (Å²) in [5, 5.41) is 11.9. The van der Waals surface area contributed by atoms with Gasteiger partial charge in [0.15, 0.2) is 0 Å². The van der Waals surface area contributed by atoms with E-state index in [-0.39, 0.29) is 11.3 Å². The summed E-state index contributed by atoms with van der Waals surface area (Å²) in [6.45, 7) is 11.4. The van der Waals surface area contributed by atoms with E-state index in [4.69, 9.17) is 16.3 Å². The van der Waals surface area contributed by atoms with Crippen molar-refractivity contribution in [3.63, 3.8) is 0 Å². The third kappa shape index (κ3) is 6.06. The van der Waals surface area contributed by atoms with Crippen LogP contribution in [-0.2, 0) is 9.59 Å². The van der Waals surface area contributed by atoms with Gasteiger partial charge in [0.25, 0.3) is 11.7 Å². The fourth-order valence-corrected chi connectivity index (χ4v) is 4.46. The van der Waals surface area contributed by atoms with Crippen LogP contribution in [0.5, 0.6) is 5.75 Å². The molecule has 0 saturated carbocycles. The molecule has 1 amide bonds. The van der Waals surface area contributed by atoms with E-state index in [1.165, 1.54) is 0 Å². The van der Waals surface area contributed by atoms with Crippen molar-refractivity contribution in [3.05, 3.63) is 69.8 Å². The second-order valence-corrected chi connectivity index (χ2v) is 9.19. The normalized spacial score (nSPS) is 17.4. The van der Waals surface area contributed by atoms with Crippen molar-refractivity contribution in [2.75, 3.05) is 32.8 Å². The second kappa shape index (κ2) is 12.2. The van der Waals surface area contributed by atoms with Gasteiger partial charge in [0, 0.05) is 23.7 Å². The maximum Gasteiger partial charge on any atom is 0.295 e. The highest BCUT2D eigenvalue weighted by Crippen LogP contribution is 2.40. The quantitative estimate of drug-likeness (QED) is 0.189. The number of likely N-dealkylation sites (tertiary alicyclic amines) is 1. The van der Waals surface area contributed by atoms with E-state index < -0.39 is 17.7 Å². The van der Waals surface area contributed by atoms with Crippen LogP contribution in [0.25, 0.3) is 5.76 Å². The van der Waals surface area contributed by atoms with Crippen molar-refractivity contribution in [2.24, 2.45) is 0 Å². The number of amides is 1. The standard InChI is InChI=1S/C28H35ClN2O4/c1-5-8-17-35-23-14-11-21(18-19(23)4)26(32)24-25(20-9-12-22(29)13-10-20)31(28(34)27(24)33)16-15-30(6-2)7-3/h9-14,18,25,32H,5-8,15-17H2,1-4H3/b26-24+/t25-/m1/s1. The number of likely N-dealkylation sites (N-methyl/N-ethyl adjacent to an activating group) is 1. The predicted octanol–water partition coefficient (Wildman–Crippen LogP) is 5.59. The lowest BCUT2D eigenvalue weighted by atomic mass is 9.95. The van der Waals surface area contributed by atoms with Crippen molar-refractivity contribution in [1.82, 2.24) is 9.80 Å². The van der Waals surface area contributed by atoms with Crippen LogP contribution in [0.1, 0.15) is 56.3 Å². The van der Waals surface area contributed by atoms with Crippen LogP contribution < -0.4 is 4.74 Å². The highest BCUT2D eigenvalue weighted by Gasteiger charge is 2.46. The Balaban J connectivity index is 2.03. The van der Waals surface area contributed by atoms with Crippen LogP contribution in [0.3, 0.4) is 0 Å². The molecule has 1 atom stereocenters. The van der Waals surface area contributed by atoms with E-state index >= 15 is 0 Å². The number of carbonyl (C=O) groups excluding carboxylic acids is 2. The van der Waals surface area contributed by atoms with E-state index in [0.29, 0.717) is 30.3 Å². The number of ether oxygens (including phenoxy) is 1. The summed E-state index contributed by atoms with van der Waals surface area (Å²) in [5.74, 6) is -0.724. The van der Waals surface area contributed by atoms with Gasteiger partial charge >= 0.3 is 0 Å². The highest BCUT2D eigenvalue weighted by atomic mass is 35.5. The van der Waals surface area contributed by atoms with Gasteiger partial charge in [0.05, 0.1) is 18.2 Å². The van der Waals surface area contributed by atoms with Crippen LogP contribution in [0.2, 0.25) is 5.02 Å². The Morgan fingerprint density at radius 1 is 1.09 bits per heavy atom. The van der Waals surface area contributed by atoms with E-state index in [1.807, 2.05) is 6.92 Å². The molecule has 0 radical (unpaired) electrons. The zero-order chi connectivity index (χ0) is 25.5. The molecule has 1 aliphatic rings. The Kier molecular flexibility index (Phi) is 9.35. The molecular weight excluding hydrogens is 464 g/mol. The molecule has 0 aliphatic carbocycles. The topological polar surface area (TPSA) is 70.1 Å². The number of benzene rings is 2. The smallest absolute Gasteiger partial charge is 0.295 e. The number of aliphatic hydroxyl groups is 1. The van der Waals surface area contributed by atoms with Crippen LogP contribution in [-0.4, -0.2) is 59.4 Å². The molecule has 2 aromatic rings. The predicted molar refractivity (Wildman–Crippen MR) is 140 cm³/mol. The Morgan fingerprint density at radius 3 is 2.37 bits per heavy atom. The first kappa shape index (κ1) is 26.8.